The Hall–Kier alpha value is -1.44. The van der Waals surface area contributed by atoms with E-state index < -0.39 is 0 Å². The molecule has 0 atom stereocenters. The third-order valence-corrected chi connectivity index (χ3v) is 2.11. The van der Waals surface area contributed by atoms with Gasteiger partial charge in [0.25, 0.3) is 0 Å². The van der Waals surface area contributed by atoms with Crippen molar-refractivity contribution in [1.82, 2.24) is 4.98 Å². The molecule has 0 spiro atoms. The Balaban J connectivity index is 3.13. The number of allylic oxidation sites excluding steroid dienone is 1. The molecule has 0 aliphatic rings. The highest BCUT2D eigenvalue weighted by molar-refractivity contribution is 5.76. The standard InChI is InChI=1S/C12H16N2/c1-5-14-12-8-13-7-6-11(12)10(4)9(2)3/h5-9H,4H2,1-3H3/b14-5-. The number of hydrogen-bond acceptors (Lipinski definition) is 2. The van der Waals surface area contributed by atoms with Crippen molar-refractivity contribution in [2.75, 3.05) is 0 Å². The minimum absolute atomic E-state index is 0.434. The molecule has 0 aliphatic carbocycles. The third-order valence-electron chi connectivity index (χ3n) is 2.11. The number of pyridine rings is 1. The maximum atomic E-state index is 4.26. The lowest BCUT2D eigenvalue weighted by atomic mass is 9.97. The molecule has 0 N–H and O–H groups in total. The summed E-state index contributed by atoms with van der Waals surface area (Å²) in [6, 6.07) is 1.96. The molecule has 14 heavy (non-hydrogen) atoms. The van der Waals surface area contributed by atoms with Crippen molar-refractivity contribution in [3.05, 3.63) is 30.6 Å². The molecule has 0 fully saturated rings. The van der Waals surface area contributed by atoms with Crippen LogP contribution in [0.2, 0.25) is 0 Å². The molecule has 1 heterocycles. The van der Waals surface area contributed by atoms with Gasteiger partial charge in [-0.3, -0.25) is 9.98 Å². The second-order valence-electron chi connectivity index (χ2n) is 3.46. The second-order valence-corrected chi connectivity index (χ2v) is 3.46. The Morgan fingerprint density at radius 3 is 2.86 bits per heavy atom. The first-order valence-electron chi connectivity index (χ1n) is 4.78. The van der Waals surface area contributed by atoms with E-state index in [9.17, 15) is 0 Å². The summed E-state index contributed by atoms with van der Waals surface area (Å²) in [5.74, 6) is 0.434. The van der Waals surface area contributed by atoms with Gasteiger partial charge in [-0.25, -0.2) is 0 Å². The average molecular weight is 188 g/mol. The van der Waals surface area contributed by atoms with Gasteiger partial charge in [-0.1, -0.05) is 20.4 Å². The van der Waals surface area contributed by atoms with Gasteiger partial charge in [0.2, 0.25) is 0 Å². The SMILES string of the molecule is C=C(c1ccncc1/N=C\C)C(C)C. The van der Waals surface area contributed by atoms with Gasteiger partial charge in [0, 0.05) is 18.0 Å². The van der Waals surface area contributed by atoms with E-state index in [1.165, 1.54) is 0 Å². The van der Waals surface area contributed by atoms with Crippen LogP contribution in [0.15, 0.2) is 30.0 Å². The van der Waals surface area contributed by atoms with Gasteiger partial charge in [-0.2, -0.15) is 0 Å². The molecule has 0 bridgehead atoms. The zero-order chi connectivity index (χ0) is 10.6. The van der Waals surface area contributed by atoms with Crippen LogP contribution >= 0.6 is 0 Å². The largest absolute Gasteiger partial charge is 0.262 e. The van der Waals surface area contributed by atoms with E-state index in [1.807, 2.05) is 13.0 Å². The Bertz CT molecular complexity index is 351. The van der Waals surface area contributed by atoms with E-state index in [-0.39, 0.29) is 0 Å². The molecule has 0 aliphatic heterocycles. The summed E-state index contributed by atoms with van der Waals surface area (Å²) >= 11 is 0. The van der Waals surface area contributed by atoms with E-state index in [0.29, 0.717) is 5.92 Å². The average Bonchev–Trinajstić information content (AvgIpc) is 2.18. The molecule has 0 saturated heterocycles. The van der Waals surface area contributed by atoms with Gasteiger partial charge >= 0.3 is 0 Å². The van der Waals surface area contributed by atoms with Gasteiger partial charge in [-0.05, 0) is 24.5 Å². The van der Waals surface area contributed by atoms with Crippen molar-refractivity contribution in [3.63, 3.8) is 0 Å². The molecule has 0 radical (unpaired) electrons. The van der Waals surface area contributed by atoms with E-state index >= 15 is 0 Å². The molecule has 2 heteroatoms. The minimum atomic E-state index is 0.434. The Morgan fingerprint density at radius 2 is 2.29 bits per heavy atom. The summed E-state index contributed by atoms with van der Waals surface area (Å²) in [5, 5.41) is 0. The van der Waals surface area contributed by atoms with E-state index in [0.717, 1.165) is 16.8 Å². The van der Waals surface area contributed by atoms with Gasteiger partial charge in [0.15, 0.2) is 0 Å². The zero-order valence-electron chi connectivity index (χ0n) is 8.99. The van der Waals surface area contributed by atoms with Gasteiger partial charge < -0.3 is 0 Å². The molecule has 0 unspecified atom stereocenters. The first kappa shape index (κ1) is 10.6. The number of aromatic nitrogens is 1. The minimum Gasteiger partial charge on any atom is -0.262 e. The highest BCUT2D eigenvalue weighted by Crippen LogP contribution is 2.28. The summed E-state index contributed by atoms with van der Waals surface area (Å²) in [6.07, 6.45) is 5.31. The Kier molecular flexibility index (Phi) is 3.57. The topological polar surface area (TPSA) is 25.2 Å². The smallest absolute Gasteiger partial charge is 0.0883 e. The fourth-order valence-corrected chi connectivity index (χ4v) is 1.21. The monoisotopic (exact) mass is 188 g/mol. The van der Waals surface area contributed by atoms with Crippen LogP contribution < -0.4 is 0 Å². The maximum Gasteiger partial charge on any atom is 0.0883 e. The van der Waals surface area contributed by atoms with Gasteiger partial charge in [-0.15, -0.1) is 0 Å². The van der Waals surface area contributed by atoms with Crippen molar-refractivity contribution in [2.24, 2.45) is 10.9 Å². The third kappa shape index (κ3) is 2.28. The maximum absolute atomic E-state index is 4.26. The quantitative estimate of drug-likeness (QED) is 0.667. The lowest BCUT2D eigenvalue weighted by molar-refractivity contribution is 0.857. The lowest BCUT2D eigenvalue weighted by Gasteiger charge is -2.11. The van der Waals surface area contributed by atoms with Gasteiger partial charge in [0.05, 0.1) is 11.9 Å². The lowest BCUT2D eigenvalue weighted by Crippen LogP contribution is -1.92. The predicted octanol–water partition coefficient (Wildman–Crippen LogP) is 3.47. The van der Waals surface area contributed by atoms with Crippen LogP contribution in [-0.2, 0) is 0 Å². The molecule has 2 nitrogen and oxygen atoms in total. The van der Waals surface area contributed by atoms with Crippen molar-refractivity contribution < 1.29 is 0 Å². The molecule has 0 aromatic carbocycles. The molecule has 1 aromatic heterocycles. The van der Waals surface area contributed by atoms with E-state index in [4.69, 9.17) is 0 Å². The number of nitrogens with zero attached hydrogens (tertiary/aromatic N) is 2. The van der Waals surface area contributed by atoms with E-state index in [1.54, 1.807) is 18.6 Å². The Morgan fingerprint density at radius 1 is 1.57 bits per heavy atom. The number of rotatable bonds is 3. The fourth-order valence-electron chi connectivity index (χ4n) is 1.21. The molecule has 1 aromatic rings. The van der Waals surface area contributed by atoms with Crippen LogP contribution in [0.1, 0.15) is 26.3 Å². The number of hydrogen-bond donors (Lipinski definition) is 0. The van der Waals surface area contributed by atoms with Crippen LogP contribution in [0.25, 0.3) is 5.57 Å². The van der Waals surface area contributed by atoms with Crippen LogP contribution in [0.3, 0.4) is 0 Å². The van der Waals surface area contributed by atoms with Crippen molar-refractivity contribution in [3.8, 4) is 0 Å². The predicted molar refractivity (Wildman–Crippen MR) is 61.9 cm³/mol. The van der Waals surface area contributed by atoms with Crippen LogP contribution in [0, 0.1) is 5.92 Å². The summed E-state index contributed by atoms with van der Waals surface area (Å²) < 4.78 is 0. The van der Waals surface area contributed by atoms with Crippen molar-refractivity contribution in [1.29, 1.82) is 0 Å². The molecule has 0 amide bonds. The summed E-state index contributed by atoms with van der Waals surface area (Å²) in [6.45, 7) is 10.2. The van der Waals surface area contributed by atoms with Crippen molar-refractivity contribution in [2.45, 2.75) is 20.8 Å². The summed E-state index contributed by atoms with van der Waals surface area (Å²) in [5.41, 5.74) is 3.09. The van der Waals surface area contributed by atoms with Crippen LogP contribution in [0.4, 0.5) is 5.69 Å². The summed E-state index contributed by atoms with van der Waals surface area (Å²) in [4.78, 5) is 8.31. The molecule has 74 valence electrons. The molecule has 1 rings (SSSR count). The second kappa shape index (κ2) is 4.70. The van der Waals surface area contributed by atoms with E-state index in [2.05, 4.69) is 30.4 Å². The highest BCUT2D eigenvalue weighted by atomic mass is 14.8. The fraction of sp³-hybridized carbons (Fsp3) is 0.333. The summed E-state index contributed by atoms with van der Waals surface area (Å²) in [7, 11) is 0. The molecule has 0 saturated carbocycles. The molecular weight excluding hydrogens is 172 g/mol. The Labute approximate surface area is 85.4 Å². The zero-order valence-corrected chi connectivity index (χ0v) is 8.99. The van der Waals surface area contributed by atoms with Crippen LogP contribution in [-0.4, -0.2) is 11.2 Å². The first-order valence-corrected chi connectivity index (χ1v) is 4.78. The first-order chi connectivity index (χ1) is 6.66. The van der Waals surface area contributed by atoms with Crippen molar-refractivity contribution >= 4 is 17.5 Å². The number of aliphatic imine (C=N–C) groups is 1. The van der Waals surface area contributed by atoms with Crippen LogP contribution in [0.5, 0.6) is 0 Å². The van der Waals surface area contributed by atoms with Gasteiger partial charge in [0.1, 0.15) is 0 Å². The normalized spacial score (nSPS) is 11.1. The highest BCUT2D eigenvalue weighted by Gasteiger charge is 2.07. The molecular formula is C12H16N2.